The van der Waals surface area contributed by atoms with E-state index >= 15 is 0 Å². The van der Waals surface area contributed by atoms with E-state index in [9.17, 15) is 9.36 Å². The molecule has 7 heteroatoms. The standard InChI is InChI=1S/C25H42NO5P/c1-2-3-4-5-7-10-14-22-16-13-17-23(19-22)15-11-8-6-9-12-18-25(27)26-20-24(21-26)31-32(28,29)30/h13,16-17,19,24H,2-12,14-15,18,20-21H2,1H3,(H2,28,29,30). The second-order valence-electron chi connectivity index (χ2n) is 9.12. The Morgan fingerprint density at radius 2 is 1.47 bits per heavy atom. The molecule has 32 heavy (non-hydrogen) atoms. The summed E-state index contributed by atoms with van der Waals surface area (Å²) in [6.07, 6.45) is 15.7. The van der Waals surface area contributed by atoms with Crippen LogP contribution in [0.3, 0.4) is 0 Å². The minimum atomic E-state index is -4.45. The Labute approximate surface area is 194 Å². The molecule has 6 nitrogen and oxygen atoms in total. The van der Waals surface area contributed by atoms with Gasteiger partial charge in [-0.05, 0) is 43.2 Å². The van der Waals surface area contributed by atoms with Crippen LogP contribution in [0.4, 0.5) is 0 Å². The summed E-state index contributed by atoms with van der Waals surface area (Å²) in [6, 6.07) is 9.06. The van der Waals surface area contributed by atoms with Gasteiger partial charge in [-0.3, -0.25) is 9.32 Å². The molecule has 0 aromatic heterocycles. The van der Waals surface area contributed by atoms with E-state index in [1.54, 1.807) is 4.90 Å². The van der Waals surface area contributed by atoms with E-state index in [0.29, 0.717) is 6.42 Å². The van der Waals surface area contributed by atoms with Crippen molar-refractivity contribution in [3.8, 4) is 0 Å². The second kappa shape index (κ2) is 14.8. The molecule has 1 saturated heterocycles. The van der Waals surface area contributed by atoms with E-state index in [0.717, 1.165) is 25.7 Å². The summed E-state index contributed by atoms with van der Waals surface area (Å²) >= 11 is 0. The molecule has 0 radical (unpaired) electrons. The van der Waals surface area contributed by atoms with Gasteiger partial charge >= 0.3 is 7.82 Å². The summed E-state index contributed by atoms with van der Waals surface area (Å²) in [5.74, 6) is 0.0535. The number of hydrogen-bond acceptors (Lipinski definition) is 3. The van der Waals surface area contributed by atoms with Crippen molar-refractivity contribution >= 4 is 13.7 Å². The summed E-state index contributed by atoms with van der Waals surface area (Å²) in [7, 11) is -4.45. The molecule has 1 amide bonds. The highest BCUT2D eigenvalue weighted by atomic mass is 31.2. The highest BCUT2D eigenvalue weighted by Crippen LogP contribution is 2.39. The van der Waals surface area contributed by atoms with Gasteiger partial charge in [0.1, 0.15) is 6.10 Å². The van der Waals surface area contributed by atoms with Crippen molar-refractivity contribution in [2.24, 2.45) is 0 Å². The van der Waals surface area contributed by atoms with E-state index in [1.165, 1.54) is 68.9 Å². The molecule has 0 unspecified atom stereocenters. The van der Waals surface area contributed by atoms with Crippen LogP contribution in [0.15, 0.2) is 24.3 Å². The van der Waals surface area contributed by atoms with Gasteiger partial charge in [-0.15, -0.1) is 0 Å². The van der Waals surface area contributed by atoms with Crippen molar-refractivity contribution in [1.82, 2.24) is 4.90 Å². The maximum atomic E-state index is 12.1. The Bertz CT molecular complexity index is 714. The molecule has 2 N–H and O–H groups in total. The zero-order chi connectivity index (χ0) is 23.2. The number of carbonyl (C=O) groups is 1. The Hall–Kier alpha value is -1.20. The SMILES string of the molecule is CCCCCCCCc1cccc(CCCCCCCC(=O)N2CC(OP(=O)(O)O)C2)c1. The number of carbonyl (C=O) groups excluding carboxylic acids is 1. The first-order valence-electron chi connectivity index (χ1n) is 12.5. The largest absolute Gasteiger partial charge is 0.469 e. The van der Waals surface area contributed by atoms with Gasteiger partial charge in [0.2, 0.25) is 5.91 Å². The van der Waals surface area contributed by atoms with Crippen LogP contribution in [-0.4, -0.2) is 39.8 Å². The van der Waals surface area contributed by atoms with Crippen LogP contribution in [0.5, 0.6) is 0 Å². The maximum absolute atomic E-state index is 12.1. The van der Waals surface area contributed by atoms with Crippen LogP contribution < -0.4 is 0 Å². The van der Waals surface area contributed by atoms with Crippen molar-refractivity contribution in [1.29, 1.82) is 0 Å². The Morgan fingerprint density at radius 3 is 2.03 bits per heavy atom. The van der Waals surface area contributed by atoms with Gasteiger partial charge < -0.3 is 14.7 Å². The zero-order valence-corrected chi connectivity index (χ0v) is 20.6. The fourth-order valence-corrected chi connectivity index (χ4v) is 4.77. The van der Waals surface area contributed by atoms with Gasteiger partial charge in [0.05, 0.1) is 0 Å². The molecule has 2 rings (SSSR count). The van der Waals surface area contributed by atoms with Crippen LogP contribution in [0, 0.1) is 0 Å². The van der Waals surface area contributed by atoms with E-state index < -0.39 is 13.9 Å². The summed E-state index contributed by atoms with van der Waals surface area (Å²) in [6.45, 7) is 2.82. The van der Waals surface area contributed by atoms with E-state index in [4.69, 9.17) is 9.79 Å². The Kier molecular flexibility index (Phi) is 12.6. The zero-order valence-electron chi connectivity index (χ0n) is 19.7. The maximum Gasteiger partial charge on any atom is 0.469 e. The number of hydrogen-bond donors (Lipinski definition) is 2. The van der Waals surface area contributed by atoms with Gasteiger partial charge in [0, 0.05) is 19.5 Å². The molecule has 1 fully saturated rings. The predicted molar refractivity (Wildman–Crippen MR) is 128 cm³/mol. The topological polar surface area (TPSA) is 87.1 Å². The third kappa shape index (κ3) is 11.6. The first kappa shape index (κ1) is 27.0. The van der Waals surface area contributed by atoms with Gasteiger partial charge in [0.25, 0.3) is 0 Å². The molecule has 0 saturated carbocycles. The molecule has 182 valence electrons. The molecule has 1 aromatic carbocycles. The Morgan fingerprint density at radius 1 is 0.938 bits per heavy atom. The number of amides is 1. The summed E-state index contributed by atoms with van der Waals surface area (Å²) < 4.78 is 15.3. The number of aryl methyl sites for hydroxylation is 2. The second-order valence-corrected chi connectivity index (χ2v) is 10.3. The highest BCUT2D eigenvalue weighted by molar-refractivity contribution is 7.46. The molecule has 0 atom stereocenters. The summed E-state index contributed by atoms with van der Waals surface area (Å²) in [4.78, 5) is 31.2. The van der Waals surface area contributed by atoms with Gasteiger partial charge in [-0.25, -0.2) is 4.57 Å². The van der Waals surface area contributed by atoms with E-state index in [1.807, 2.05) is 0 Å². The Balaban J connectivity index is 1.47. The third-order valence-corrected chi connectivity index (χ3v) is 6.73. The minimum absolute atomic E-state index is 0.0535. The van der Waals surface area contributed by atoms with Crippen LogP contribution >= 0.6 is 7.82 Å². The lowest BCUT2D eigenvalue weighted by Gasteiger charge is -2.38. The van der Waals surface area contributed by atoms with Crippen molar-refractivity contribution in [3.05, 3.63) is 35.4 Å². The van der Waals surface area contributed by atoms with Gasteiger partial charge in [-0.2, -0.15) is 0 Å². The van der Waals surface area contributed by atoms with Crippen molar-refractivity contribution < 1.29 is 23.7 Å². The lowest BCUT2D eigenvalue weighted by atomic mass is 10.00. The van der Waals surface area contributed by atoms with Gasteiger partial charge in [-0.1, -0.05) is 82.6 Å². The fourth-order valence-electron chi connectivity index (χ4n) is 4.25. The summed E-state index contributed by atoms with van der Waals surface area (Å²) in [5.41, 5.74) is 2.91. The number of benzene rings is 1. The summed E-state index contributed by atoms with van der Waals surface area (Å²) in [5, 5.41) is 0. The number of rotatable bonds is 17. The molecule has 1 heterocycles. The number of phosphoric ester groups is 1. The van der Waals surface area contributed by atoms with Crippen molar-refractivity contribution in [2.45, 2.75) is 103 Å². The number of likely N-dealkylation sites (tertiary alicyclic amines) is 1. The average molecular weight is 468 g/mol. The fraction of sp³-hybridized carbons (Fsp3) is 0.720. The normalized spacial score (nSPS) is 14.5. The molecular formula is C25H42NO5P. The molecule has 0 aliphatic carbocycles. The lowest BCUT2D eigenvalue weighted by Crippen LogP contribution is -2.54. The quantitative estimate of drug-likeness (QED) is 0.224. The highest BCUT2D eigenvalue weighted by Gasteiger charge is 2.35. The van der Waals surface area contributed by atoms with Gasteiger partial charge in [0.15, 0.2) is 0 Å². The molecular weight excluding hydrogens is 425 g/mol. The molecule has 0 bridgehead atoms. The molecule has 0 spiro atoms. The van der Waals surface area contributed by atoms with Crippen LogP contribution in [0.2, 0.25) is 0 Å². The average Bonchev–Trinajstić information content (AvgIpc) is 2.71. The van der Waals surface area contributed by atoms with Crippen molar-refractivity contribution in [3.63, 3.8) is 0 Å². The van der Waals surface area contributed by atoms with E-state index in [2.05, 4.69) is 35.7 Å². The lowest BCUT2D eigenvalue weighted by molar-refractivity contribution is -0.140. The van der Waals surface area contributed by atoms with Crippen LogP contribution in [0.25, 0.3) is 0 Å². The minimum Gasteiger partial charge on any atom is -0.337 e. The monoisotopic (exact) mass is 467 g/mol. The number of phosphoric acid groups is 1. The molecule has 1 aliphatic rings. The first-order chi connectivity index (χ1) is 15.4. The van der Waals surface area contributed by atoms with Crippen molar-refractivity contribution in [2.75, 3.05) is 13.1 Å². The third-order valence-electron chi connectivity index (χ3n) is 6.15. The first-order valence-corrected chi connectivity index (χ1v) is 14.0. The smallest absolute Gasteiger partial charge is 0.337 e. The molecule has 1 aliphatic heterocycles. The van der Waals surface area contributed by atoms with Crippen LogP contribution in [0.1, 0.15) is 95.1 Å². The predicted octanol–water partition coefficient (Wildman–Crippen LogP) is 5.79. The molecule has 1 aromatic rings. The number of nitrogens with zero attached hydrogens (tertiary/aromatic N) is 1. The van der Waals surface area contributed by atoms with Crippen LogP contribution in [-0.2, 0) is 26.7 Å². The van der Waals surface area contributed by atoms with E-state index in [-0.39, 0.29) is 19.0 Å². The number of unbranched alkanes of at least 4 members (excludes halogenated alkanes) is 9.